The van der Waals surface area contributed by atoms with Gasteiger partial charge in [-0.3, -0.25) is 4.90 Å². The van der Waals surface area contributed by atoms with Crippen LogP contribution in [0.2, 0.25) is 0 Å². The molecule has 2 aliphatic heterocycles. The van der Waals surface area contributed by atoms with Crippen molar-refractivity contribution in [1.82, 2.24) is 10.2 Å². The Balaban J connectivity index is 1.39. The molecule has 4 fully saturated rings. The number of nitrogens with zero attached hydrogens (tertiary/aromatic N) is 1. The summed E-state index contributed by atoms with van der Waals surface area (Å²) in [6.45, 7) is 12.0. The summed E-state index contributed by atoms with van der Waals surface area (Å²) >= 11 is 0. The first-order chi connectivity index (χ1) is 11.7. The van der Waals surface area contributed by atoms with Gasteiger partial charge in [-0.05, 0) is 36.5 Å². The molecule has 0 unspecified atom stereocenters. The Morgan fingerprint density at radius 1 is 1.04 bits per heavy atom. The van der Waals surface area contributed by atoms with E-state index in [0.29, 0.717) is 23.4 Å². The van der Waals surface area contributed by atoms with Gasteiger partial charge in [-0.25, -0.2) is 0 Å². The van der Waals surface area contributed by atoms with Crippen LogP contribution >= 0.6 is 0 Å². The quantitative estimate of drug-likeness (QED) is 0.836. The minimum atomic E-state index is 0.479. The Morgan fingerprint density at radius 2 is 1.83 bits per heavy atom. The van der Waals surface area contributed by atoms with Crippen LogP contribution in [0.15, 0.2) is 0 Å². The minimum Gasteiger partial charge on any atom is -0.381 e. The molecule has 0 aromatic heterocycles. The van der Waals surface area contributed by atoms with Crippen LogP contribution < -0.4 is 5.32 Å². The second-order valence-corrected chi connectivity index (χ2v) is 9.10. The van der Waals surface area contributed by atoms with E-state index in [9.17, 15) is 0 Å². The summed E-state index contributed by atoms with van der Waals surface area (Å²) in [5, 5.41) is 4.04. The van der Waals surface area contributed by atoms with Crippen LogP contribution in [0.1, 0.15) is 46.0 Å². The standard InChI is InChI=1S/C20H36N2O2/c1-20(2)17-6-4-3-5-16(17)19(20)21-13-18(15-7-10-24-14-15)22-8-11-23-12-9-22/h15-19,21H,3-14H2,1-2H3/t15-,16+,17-,18-,19+/m0/s1. The molecule has 0 spiro atoms. The molecule has 1 N–H and O–H groups in total. The zero-order chi connectivity index (χ0) is 16.6. The molecule has 4 nitrogen and oxygen atoms in total. The maximum absolute atomic E-state index is 5.72. The lowest BCUT2D eigenvalue weighted by atomic mass is 9.47. The predicted molar refractivity (Wildman–Crippen MR) is 96.1 cm³/mol. The molecule has 2 saturated carbocycles. The second kappa shape index (κ2) is 7.22. The van der Waals surface area contributed by atoms with Crippen molar-refractivity contribution in [1.29, 1.82) is 0 Å². The Bertz CT molecular complexity index is 416. The maximum Gasteiger partial charge on any atom is 0.0594 e. The molecule has 138 valence electrons. The highest BCUT2D eigenvalue weighted by atomic mass is 16.5. The van der Waals surface area contributed by atoms with Crippen molar-refractivity contribution >= 4 is 0 Å². The Kier molecular flexibility index (Phi) is 5.19. The van der Waals surface area contributed by atoms with Crippen LogP contribution in [0.4, 0.5) is 0 Å². The van der Waals surface area contributed by atoms with E-state index in [1.54, 1.807) is 0 Å². The van der Waals surface area contributed by atoms with Crippen molar-refractivity contribution < 1.29 is 9.47 Å². The third-order valence-electron chi connectivity index (χ3n) is 7.58. The number of hydrogen-bond donors (Lipinski definition) is 1. The fourth-order valence-electron chi connectivity index (χ4n) is 6.17. The molecule has 2 aliphatic carbocycles. The van der Waals surface area contributed by atoms with E-state index in [1.165, 1.54) is 32.1 Å². The molecule has 0 aromatic rings. The highest BCUT2D eigenvalue weighted by Gasteiger charge is 2.56. The topological polar surface area (TPSA) is 33.7 Å². The zero-order valence-corrected chi connectivity index (χ0v) is 15.6. The van der Waals surface area contributed by atoms with E-state index in [-0.39, 0.29) is 0 Å². The van der Waals surface area contributed by atoms with Gasteiger partial charge in [0.2, 0.25) is 0 Å². The first kappa shape index (κ1) is 17.3. The van der Waals surface area contributed by atoms with Crippen LogP contribution in [0, 0.1) is 23.2 Å². The van der Waals surface area contributed by atoms with Gasteiger partial charge in [-0.1, -0.05) is 26.7 Å². The lowest BCUT2D eigenvalue weighted by Crippen LogP contribution is -2.66. The van der Waals surface area contributed by atoms with Crippen molar-refractivity contribution in [2.24, 2.45) is 23.2 Å². The average molecular weight is 337 g/mol. The summed E-state index contributed by atoms with van der Waals surface area (Å²) in [5.41, 5.74) is 0.479. The first-order valence-corrected chi connectivity index (χ1v) is 10.3. The van der Waals surface area contributed by atoms with Gasteiger partial charge in [-0.15, -0.1) is 0 Å². The van der Waals surface area contributed by atoms with Gasteiger partial charge >= 0.3 is 0 Å². The monoisotopic (exact) mass is 336 g/mol. The molecule has 0 amide bonds. The van der Waals surface area contributed by atoms with Crippen LogP contribution in [-0.2, 0) is 9.47 Å². The first-order valence-electron chi connectivity index (χ1n) is 10.3. The van der Waals surface area contributed by atoms with Crippen LogP contribution in [0.3, 0.4) is 0 Å². The van der Waals surface area contributed by atoms with E-state index < -0.39 is 0 Å². The predicted octanol–water partition coefficient (Wildman–Crippen LogP) is 2.53. The van der Waals surface area contributed by atoms with E-state index in [2.05, 4.69) is 24.1 Å². The molecule has 0 aromatic carbocycles. The summed E-state index contributed by atoms with van der Waals surface area (Å²) in [5.74, 6) is 2.58. The van der Waals surface area contributed by atoms with E-state index in [0.717, 1.165) is 57.9 Å². The van der Waals surface area contributed by atoms with Gasteiger partial charge in [0.15, 0.2) is 0 Å². The highest BCUT2D eigenvalue weighted by Crippen LogP contribution is 2.57. The molecule has 5 atom stereocenters. The molecular formula is C20H36N2O2. The van der Waals surface area contributed by atoms with Crippen molar-refractivity contribution in [2.45, 2.75) is 58.0 Å². The zero-order valence-electron chi connectivity index (χ0n) is 15.6. The van der Waals surface area contributed by atoms with Crippen molar-refractivity contribution in [3.05, 3.63) is 0 Å². The normalized spacial score (nSPS) is 40.8. The van der Waals surface area contributed by atoms with Gasteiger partial charge in [0.1, 0.15) is 0 Å². The molecule has 4 rings (SSSR count). The molecule has 24 heavy (non-hydrogen) atoms. The van der Waals surface area contributed by atoms with Crippen molar-refractivity contribution in [3.8, 4) is 0 Å². The highest BCUT2D eigenvalue weighted by molar-refractivity contribution is 5.09. The molecule has 4 aliphatic rings. The Labute approximate surface area is 147 Å². The largest absolute Gasteiger partial charge is 0.381 e. The van der Waals surface area contributed by atoms with Gasteiger partial charge in [-0.2, -0.15) is 0 Å². The smallest absolute Gasteiger partial charge is 0.0594 e. The molecule has 0 bridgehead atoms. The van der Waals surface area contributed by atoms with E-state index >= 15 is 0 Å². The lowest BCUT2D eigenvalue weighted by Gasteiger charge is -2.61. The summed E-state index contributed by atoms with van der Waals surface area (Å²) in [7, 11) is 0. The van der Waals surface area contributed by atoms with Crippen LogP contribution in [-0.4, -0.2) is 63.0 Å². The summed E-state index contributed by atoms with van der Waals surface area (Å²) in [4.78, 5) is 2.67. The number of hydrogen-bond acceptors (Lipinski definition) is 4. The maximum atomic E-state index is 5.72. The minimum absolute atomic E-state index is 0.479. The fraction of sp³-hybridized carbons (Fsp3) is 1.00. The SMILES string of the molecule is CC1(C)[C@H](NC[C@@H]([C@H]2CCOC2)N2CCOCC2)[C@@H]2CCCC[C@@H]21. The summed E-state index contributed by atoms with van der Waals surface area (Å²) in [6.07, 6.45) is 7.02. The van der Waals surface area contributed by atoms with Crippen LogP contribution in [0.5, 0.6) is 0 Å². The van der Waals surface area contributed by atoms with Crippen LogP contribution in [0.25, 0.3) is 0 Å². The summed E-state index contributed by atoms with van der Waals surface area (Å²) < 4.78 is 11.3. The molecule has 0 radical (unpaired) electrons. The molecule has 2 heterocycles. The Hall–Kier alpha value is -0.160. The van der Waals surface area contributed by atoms with Gasteiger partial charge in [0, 0.05) is 44.2 Å². The van der Waals surface area contributed by atoms with Crippen molar-refractivity contribution in [3.63, 3.8) is 0 Å². The number of fused-ring (bicyclic) bond motifs is 1. The van der Waals surface area contributed by atoms with Crippen molar-refractivity contribution in [2.75, 3.05) is 46.1 Å². The summed E-state index contributed by atoms with van der Waals surface area (Å²) in [6, 6.07) is 1.34. The third-order valence-corrected chi connectivity index (χ3v) is 7.58. The lowest BCUT2D eigenvalue weighted by molar-refractivity contribution is -0.0915. The Morgan fingerprint density at radius 3 is 2.58 bits per heavy atom. The van der Waals surface area contributed by atoms with E-state index in [1.807, 2.05) is 0 Å². The molecular weight excluding hydrogens is 300 g/mol. The number of rotatable bonds is 5. The number of nitrogens with one attached hydrogen (secondary N) is 1. The van der Waals surface area contributed by atoms with E-state index in [4.69, 9.17) is 9.47 Å². The van der Waals surface area contributed by atoms with Gasteiger partial charge in [0.25, 0.3) is 0 Å². The fourth-order valence-corrected chi connectivity index (χ4v) is 6.17. The second-order valence-electron chi connectivity index (χ2n) is 9.10. The average Bonchev–Trinajstić information content (AvgIpc) is 3.13. The molecule has 2 saturated heterocycles. The third kappa shape index (κ3) is 3.15. The molecule has 4 heteroatoms. The number of morpholine rings is 1. The van der Waals surface area contributed by atoms with Gasteiger partial charge < -0.3 is 14.8 Å². The number of ether oxygens (including phenoxy) is 2. The van der Waals surface area contributed by atoms with Gasteiger partial charge in [0.05, 0.1) is 19.8 Å².